The summed E-state index contributed by atoms with van der Waals surface area (Å²) in [5.41, 5.74) is 1.18. The van der Waals surface area contributed by atoms with Gasteiger partial charge >= 0.3 is 0 Å². The van der Waals surface area contributed by atoms with Gasteiger partial charge in [-0.3, -0.25) is 0 Å². The highest BCUT2D eigenvalue weighted by Gasteiger charge is 2.66. The lowest BCUT2D eigenvalue weighted by molar-refractivity contribution is -0.370. The predicted molar refractivity (Wildman–Crippen MR) is 199 cm³/mol. The molecule has 0 unspecified atom stereocenters. The molecule has 55 heavy (non-hydrogen) atoms. The molecular formula is C42H68O13. The summed E-state index contributed by atoms with van der Waals surface area (Å²) in [5.74, 6) is 0.331. The molecule has 2 heterocycles. The van der Waals surface area contributed by atoms with Crippen LogP contribution in [0.5, 0.6) is 0 Å². The predicted octanol–water partition coefficient (Wildman–Crippen LogP) is 1.54. The van der Waals surface area contributed by atoms with E-state index in [2.05, 4.69) is 47.6 Å². The normalized spacial score (nSPS) is 53.3. The largest absolute Gasteiger partial charge is 0.394 e. The Labute approximate surface area is 325 Å². The van der Waals surface area contributed by atoms with Crippen LogP contribution in [0.15, 0.2) is 23.8 Å². The monoisotopic (exact) mass is 780 g/mol. The summed E-state index contributed by atoms with van der Waals surface area (Å²) in [6.07, 6.45) is -7.37. The zero-order chi connectivity index (χ0) is 40.2. The van der Waals surface area contributed by atoms with Crippen LogP contribution in [0.4, 0.5) is 0 Å². The van der Waals surface area contributed by atoms with E-state index in [-0.39, 0.29) is 57.4 Å². The Kier molecular flexibility index (Phi) is 11.2. The van der Waals surface area contributed by atoms with E-state index in [1.807, 2.05) is 0 Å². The Balaban J connectivity index is 1.19. The first-order valence-electron chi connectivity index (χ1n) is 20.6. The van der Waals surface area contributed by atoms with Gasteiger partial charge in [0, 0.05) is 11.3 Å². The average molecular weight is 781 g/mol. The van der Waals surface area contributed by atoms with Crippen molar-refractivity contribution in [2.75, 3.05) is 19.8 Å². The number of rotatable bonds is 7. The van der Waals surface area contributed by atoms with Crippen molar-refractivity contribution in [3.63, 3.8) is 0 Å². The Bertz CT molecular complexity index is 1470. The van der Waals surface area contributed by atoms with Crippen LogP contribution < -0.4 is 0 Å². The van der Waals surface area contributed by atoms with Gasteiger partial charge in [0.1, 0.15) is 48.8 Å². The highest BCUT2D eigenvalue weighted by Crippen LogP contribution is 2.72. The third-order valence-corrected chi connectivity index (χ3v) is 16.7. The first-order valence-corrected chi connectivity index (χ1v) is 20.6. The minimum Gasteiger partial charge on any atom is -0.394 e. The zero-order valence-electron chi connectivity index (χ0n) is 33.5. The molecule has 2 saturated heterocycles. The summed E-state index contributed by atoms with van der Waals surface area (Å²) in [6, 6.07) is 0. The van der Waals surface area contributed by atoms with Crippen molar-refractivity contribution in [1.82, 2.24) is 0 Å². The SMILES string of the molecule is C=C1[C@H]2C[C@H](O)C(C)(C)[C@@H]2CC[C@]2(C)[C@@H]1[C@H](O)C=C1[C@@H]3CC(C)(C)CC[C@]3(CO[C@@H]3O[C@H](CO)[C@@H](O)[C@H](O)[C@H]3O[C@@H]3O[C@H](CO)[C@@H](O)[C@H](O)[C@H]3O)CC[C@]12C. The summed E-state index contributed by atoms with van der Waals surface area (Å²) < 4.78 is 24.2. The molecular weight excluding hydrogens is 712 g/mol. The Morgan fingerprint density at radius 3 is 2.04 bits per heavy atom. The fourth-order valence-electron chi connectivity index (χ4n) is 12.7. The van der Waals surface area contributed by atoms with Gasteiger partial charge in [-0.2, -0.15) is 0 Å². The van der Waals surface area contributed by atoms with Gasteiger partial charge in [0.05, 0.1) is 32.0 Å². The van der Waals surface area contributed by atoms with Crippen molar-refractivity contribution in [3.8, 4) is 0 Å². The van der Waals surface area contributed by atoms with Crippen molar-refractivity contribution in [2.45, 2.75) is 167 Å². The van der Waals surface area contributed by atoms with Gasteiger partial charge < -0.3 is 64.9 Å². The third-order valence-electron chi connectivity index (χ3n) is 16.7. The molecule has 19 atom stereocenters. The molecule has 314 valence electrons. The van der Waals surface area contributed by atoms with Crippen molar-refractivity contribution >= 4 is 0 Å². The van der Waals surface area contributed by atoms with E-state index in [0.717, 1.165) is 50.5 Å². The van der Waals surface area contributed by atoms with Gasteiger partial charge in [-0.15, -0.1) is 0 Å². The number of ether oxygens (including phenoxy) is 4. The lowest BCUT2D eigenvalue weighted by Gasteiger charge is -2.65. The van der Waals surface area contributed by atoms with Crippen molar-refractivity contribution in [3.05, 3.63) is 23.8 Å². The fourth-order valence-corrected chi connectivity index (χ4v) is 12.7. The van der Waals surface area contributed by atoms with E-state index in [0.29, 0.717) is 6.42 Å². The molecule has 13 nitrogen and oxygen atoms in total. The number of fused-ring (bicyclic) bond motifs is 6. The molecule has 7 rings (SSSR count). The smallest absolute Gasteiger partial charge is 0.187 e. The van der Waals surface area contributed by atoms with Crippen LogP contribution in [0.1, 0.15) is 92.9 Å². The van der Waals surface area contributed by atoms with E-state index in [9.17, 15) is 46.0 Å². The van der Waals surface area contributed by atoms with Crippen molar-refractivity contribution in [1.29, 1.82) is 0 Å². The Morgan fingerprint density at radius 2 is 1.38 bits per heavy atom. The molecule has 0 spiro atoms. The van der Waals surface area contributed by atoms with Gasteiger partial charge in [-0.25, -0.2) is 0 Å². The molecule has 7 aliphatic rings. The summed E-state index contributed by atoms with van der Waals surface area (Å²) >= 11 is 0. The van der Waals surface area contributed by atoms with Crippen LogP contribution in [0.25, 0.3) is 0 Å². The second kappa shape index (κ2) is 14.6. The maximum Gasteiger partial charge on any atom is 0.187 e. The molecule has 0 amide bonds. The van der Waals surface area contributed by atoms with Crippen molar-refractivity contribution < 1.29 is 64.9 Å². The third kappa shape index (κ3) is 6.55. The number of aliphatic hydroxyl groups is 9. The van der Waals surface area contributed by atoms with Gasteiger partial charge in [0.25, 0.3) is 0 Å². The van der Waals surface area contributed by atoms with E-state index < -0.39 is 86.8 Å². The van der Waals surface area contributed by atoms with Crippen LogP contribution in [0.2, 0.25) is 0 Å². The lowest BCUT2D eigenvalue weighted by Crippen LogP contribution is -2.65. The molecule has 0 aromatic carbocycles. The second-order valence-electron chi connectivity index (χ2n) is 20.3. The quantitative estimate of drug-likeness (QED) is 0.168. The summed E-state index contributed by atoms with van der Waals surface area (Å²) in [5, 5.41) is 96.8. The van der Waals surface area contributed by atoms with Crippen LogP contribution in [-0.4, -0.2) is 139 Å². The summed E-state index contributed by atoms with van der Waals surface area (Å²) in [4.78, 5) is 0. The minimum absolute atomic E-state index is 0.0125. The molecule has 4 saturated carbocycles. The molecule has 0 bridgehead atoms. The molecule has 0 aromatic heterocycles. The molecule has 13 heteroatoms. The molecule has 2 aliphatic heterocycles. The zero-order valence-corrected chi connectivity index (χ0v) is 33.5. The highest BCUT2D eigenvalue weighted by molar-refractivity contribution is 5.38. The Hall–Kier alpha value is -1.04. The Morgan fingerprint density at radius 1 is 0.764 bits per heavy atom. The number of aliphatic hydroxyl groups excluding tert-OH is 9. The van der Waals surface area contributed by atoms with E-state index in [4.69, 9.17) is 25.5 Å². The molecule has 0 aromatic rings. The van der Waals surface area contributed by atoms with E-state index >= 15 is 0 Å². The first kappa shape index (κ1) is 42.1. The topological polar surface area (TPSA) is 219 Å². The highest BCUT2D eigenvalue weighted by atomic mass is 16.8. The number of hydrogen-bond donors (Lipinski definition) is 9. The van der Waals surface area contributed by atoms with Gasteiger partial charge in [-0.05, 0) is 90.8 Å². The van der Waals surface area contributed by atoms with Gasteiger partial charge in [0.2, 0.25) is 0 Å². The number of hydrogen-bond acceptors (Lipinski definition) is 13. The molecule has 9 N–H and O–H groups in total. The number of allylic oxidation sites excluding steroid dienone is 1. The van der Waals surface area contributed by atoms with Gasteiger partial charge in [-0.1, -0.05) is 65.3 Å². The van der Waals surface area contributed by atoms with Crippen LogP contribution >= 0.6 is 0 Å². The summed E-state index contributed by atoms with van der Waals surface area (Å²) in [7, 11) is 0. The van der Waals surface area contributed by atoms with Crippen LogP contribution in [-0.2, 0) is 18.9 Å². The fraction of sp³-hybridized carbons (Fsp3) is 0.905. The van der Waals surface area contributed by atoms with Crippen LogP contribution in [0.3, 0.4) is 0 Å². The first-order chi connectivity index (χ1) is 25.7. The van der Waals surface area contributed by atoms with E-state index in [1.54, 1.807) is 0 Å². The van der Waals surface area contributed by atoms with Crippen LogP contribution in [0, 0.1) is 50.7 Å². The van der Waals surface area contributed by atoms with Gasteiger partial charge in [0.15, 0.2) is 12.6 Å². The molecule has 0 radical (unpaired) electrons. The van der Waals surface area contributed by atoms with Crippen molar-refractivity contribution in [2.24, 2.45) is 50.7 Å². The maximum absolute atomic E-state index is 12.2. The summed E-state index contributed by atoms with van der Waals surface area (Å²) in [6.45, 7) is 17.2. The average Bonchev–Trinajstić information content (AvgIpc) is 3.28. The maximum atomic E-state index is 12.2. The molecule has 5 aliphatic carbocycles. The minimum atomic E-state index is -1.76. The standard InChI is InChI=1S/C42H68O13/c1-20-21-14-28(46)39(4,5)22(21)8-9-41(7)29(20)25(45)15-23-24-16-38(2,3)10-12-42(24,13-11-40(23,41)6)19-52-37-35(33(50)31(48)27(18-44)54-37)55-36-34(51)32(49)30(47)26(17-43)53-36/h15,21-22,24-37,43-51H,1,8-14,16-19H2,2-7H3/t21-,22-,24+,25-,26-,27-,28+,29+,30-,31-,32+,33+,34-,35-,36+,37-,40-,41-,42-/m1/s1. The lowest BCUT2D eigenvalue weighted by atomic mass is 9.39. The van der Waals surface area contributed by atoms with E-state index in [1.165, 1.54) is 5.57 Å². The second-order valence-corrected chi connectivity index (χ2v) is 20.3. The molecule has 6 fully saturated rings.